The van der Waals surface area contributed by atoms with E-state index < -0.39 is 28.7 Å². The van der Waals surface area contributed by atoms with Crippen molar-refractivity contribution in [3.63, 3.8) is 0 Å². The molecule has 0 aliphatic carbocycles. The number of nitrogens with one attached hydrogen (secondary N) is 6. The number of carboxylic acids is 1. The highest BCUT2D eigenvalue weighted by molar-refractivity contribution is 6.44. The monoisotopic (exact) mass is 1910 g/mol. The highest BCUT2D eigenvalue weighted by atomic mass is 19.1. The predicted octanol–water partition coefficient (Wildman–Crippen LogP) is 19.9. The van der Waals surface area contributed by atoms with Gasteiger partial charge < -0.3 is 79.5 Å². The van der Waals surface area contributed by atoms with Crippen molar-refractivity contribution < 1.29 is 85.5 Å². The summed E-state index contributed by atoms with van der Waals surface area (Å²) >= 11 is 0. The van der Waals surface area contributed by atoms with Crippen molar-refractivity contribution in [2.24, 2.45) is 20.7 Å². The number of ether oxygens (including phenoxy) is 5. The number of aromatic amines is 3. The van der Waals surface area contributed by atoms with Crippen LogP contribution in [0, 0.1) is 95.5 Å². The Balaban J connectivity index is 0.000000126. The number of hydrogen-bond acceptors (Lipinski definition) is 26. The summed E-state index contributed by atoms with van der Waals surface area (Å²) in [5.74, 6) is -1.58. The Kier molecular flexibility index (Phi) is 27.7. The first-order valence-corrected chi connectivity index (χ1v) is 45.2. The van der Waals surface area contributed by atoms with Gasteiger partial charge in [-0.25, -0.2) is 26.7 Å². The van der Waals surface area contributed by atoms with Gasteiger partial charge in [0.25, 0.3) is 0 Å². The Hall–Kier alpha value is -14.9. The number of rotatable bonds is 17. The van der Waals surface area contributed by atoms with Gasteiger partial charge in [-0.05, 0) is 330 Å². The van der Waals surface area contributed by atoms with Crippen molar-refractivity contribution in [1.82, 2.24) is 39.9 Å². The molecule has 0 spiro atoms. The number of nitrogens with zero attached hydrogens (tertiary/aromatic N) is 9. The van der Waals surface area contributed by atoms with Crippen LogP contribution in [0.5, 0.6) is 46.4 Å². The molecule has 0 bridgehead atoms. The lowest BCUT2D eigenvalue weighted by molar-refractivity contribution is -0.511. The molecule has 1 atom stereocenters. The van der Waals surface area contributed by atoms with Gasteiger partial charge in [-0.15, -0.1) is 14.7 Å². The summed E-state index contributed by atoms with van der Waals surface area (Å²) in [7, 11) is 11.8. The summed E-state index contributed by atoms with van der Waals surface area (Å²) in [5.41, 5.74) is 27.4. The number of halogens is 5. The third kappa shape index (κ3) is 17.5. The first-order valence-electron chi connectivity index (χ1n) is 45.2. The Labute approximate surface area is 794 Å². The average Bonchev–Trinajstić information content (AvgIpc) is 1.65. The largest absolute Gasteiger partial charge is 0.496 e. The van der Waals surface area contributed by atoms with Crippen molar-refractivity contribution in [3.05, 3.63) is 239 Å². The molecule has 10 aromatic carbocycles. The SMILES string of the molecule is CCN1CCc2c(-c3cc(F)ccc3OC)cc3c(c2C1)NC(=O)C3[N+](=O)[O-].CCN1CCc2c(-c3cc(F)ccc3OC)cc3c(c2C1)NON=C3C(=O)O.COc1c(-c2c3c(c4[nH]c(O)c(N=O)c4c2C)CN(C)CC3)cc(F)c(C)c1C.COc1c(-c2c3c(c4[nH]c(O)c(N=O)c4c2C)CN(C)CC3)cc(F)c(C)c1C.COc1ccc(F)cc1-c1cc2c(N=O)c(O)[nH]c2c2c1CCNC2. The van der Waals surface area contributed by atoms with Crippen molar-refractivity contribution >= 4 is 78.7 Å². The fourth-order valence-electron chi connectivity index (χ4n) is 20.7. The summed E-state index contributed by atoms with van der Waals surface area (Å²) < 4.78 is 99.1. The van der Waals surface area contributed by atoms with E-state index in [0.717, 1.165) is 172 Å². The van der Waals surface area contributed by atoms with Crippen LogP contribution in [0.2, 0.25) is 0 Å². The van der Waals surface area contributed by atoms with Crippen LogP contribution in [0.1, 0.15) is 120 Å². The molecule has 0 saturated heterocycles. The van der Waals surface area contributed by atoms with E-state index in [-0.39, 0.29) is 63.7 Å². The second-order valence-corrected chi connectivity index (χ2v) is 35.3. The molecule has 13 aromatic rings. The zero-order valence-corrected chi connectivity index (χ0v) is 79.2. The number of amides is 1. The maximum absolute atomic E-state index is 14.8. The number of oxime groups is 1. The smallest absolute Gasteiger partial charge is 0.358 e. The quantitative estimate of drug-likeness (QED) is 0.0175. The van der Waals surface area contributed by atoms with Crippen molar-refractivity contribution in [3.8, 4) is 102 Å². The fraction of sp³-hybridized carbons (Fsp3) is 0.324. The Morgan fingerprint density at radius 1 is 0.489 bits per heavy atom. The minimum atomic E-state index is -1.46. The number of H-pyrrole nitrogens is 3. The average molecular weight is 1910 g/mol. The Bertz CT molecular complexity index is 7090. The van der Waals surface area contributed by atoms with E-state index >= 15 is 0 Å². The summed E-state index contributed by atoms with van der Waals surface area (Å²) in [6.07, 6.45) is 3.71. The number of carbonyl (C=O) groups excluding carboxylic acids is 1. The topological polar surface area (TPSA) is 411 Å². The molecule has 1 unspecified atom stereocenters. The number of nitro groups is 1. The van der Waals surface area contributed by atoms with Crippen LogP contribution in [0.4, 0.5) is 50.4 Å². The molecule has 37 heteroatoms. The van der Waals surface area contributed by atoms with Gasteiger partial charge in [0.15, 0.2) is 22.8 Å². The predicted molar refractivity (Wildman–Crippen MR) is 519 cm³/mol. The zero-order chi connectivity index (χ0) is 99.5. The molecular weight excluding hydrogens is 1800 g/mol. The zero-order valence-electron chi connectivity index (χ0n) is 79.2. The summed E-state index contributed by atoms with van der Waals surface area (Å²) in [6.45, 7) is 24.0. The molecule has 20 rings (SSSR count). The lowest BCUT2D eigenvalue weighted by Gasteiger charge is -2.32. The molecule has 0 fully saturated rings. The number of carbonyl (C=O) groups is 2. The van der Waals surface area contributed by atoms with Crippen LogP contribution in [-0.4, -0.2) is 173 Å². The number of benzene rings is 10. The van der Waals surface area contributed by atoms with Crippen molar-refractivity contribution in [2.45, 2.75) is 126 Å². The molecule has 10 N–H and O–H groups in total. The lowest BCUT2D eigenvalue weighted by Crippen LogP contribution is -2.33. The van der Waals surface area contributed by atoms with Gasteiger partial charge in [-0.3, -0.25) is 29.6 Å². The summed E-state index contributed by atoms with van der Waals surface area (Å²) in [6, 6.07) is 19.6. The number of aromatic hydroxyl groups is 3. The lowest BCUT2D eigenvalue weighted by atomic mass is 9.84. The van der Waals surface area contributed by atoms with Crippen LogP contribution >= 0.6 is 0 Å². The second-order valence-electron chi connectivity index (χ2n) is 35.3. The number of fused-ring (bicyclic) bond motifs is 15. The van der Waals surface area contributed by atoms with E-state index in [1.165, 1.54) is 69.9 Å². The number of methoxy groups -OCH3 is 5. The maximum Gasteiger partial charge on any atom is 0.358 e. The number of nitroso groups, excluding NO2 is 3. The molecular formula is C102H104F5N15O17. The van der Waals surface area contributed by atoms with Crippen LogP contribution < -0.4 is 39.8 Å². The van der Waals surface area contributed by atoms with Crippen LogP contribution in [-0.2, 0) is 79.4 Å². The highest BCUT2D eigenvalue weighted by Gasteiger charge is 2.45. The number of aryl methyl sites for hydroxylation is 2. The van der Waals surface area contributed by atoms with Gasteiger partial charge in [-0.1, -0.05) is 13.8 Å². The minimum Gasteiger partial charge on any atom is -0.496 e. The first-order chi connectivity index (χ1) is 66.7. The number of anilines is 2. The molecule has 7 aliphatic heterocycles. The van der Waals surface area contributed by atoms with Gasteiger partial charge in [0.2, 0.25) is 17.6 Å². The number of aliphatic carboxylic acids is 1. The molecule has 1 amide bonds. The normalized spacial score (nSPS) is 15.3. The molecule has 724 valence electrons. The van der Waals surface area contributed by atoms with Gasteiger partial charge >= 0.3 is 17.9 Å². The third-order valence-electron chi connectivity index (χ3n) is 27.8. The second kappa shape index (κ2) is 39.7. The fourth-order valence-corrected chi connectivity index (χ4v) is 20.7. The molecule has 7 aliphatic rings. The van der Waals surface area contributed by atoms with E-state index in [9.17, 15) is 76.8 Å². The van der Waals surface area contributed by atoms with Crippen molar-refractivity contribution in [1.29, 1.82) is 0 Å². The number of hydrogen-bond donors (Lipinski definition) is 10. The molecule has 3 aromatic heterocycles. The molecule has 32 nitrogen and oxygen atoms in total. The van der Waals surface area contributed by atoms with Gasteiger partial charge in [0.1, 0.15) is 57.8 Å². The molecule has 0 saturated carbocycles. The number of aromatic nitrogens is 3. The van der Waals surface area contributed by atoms with Crippen molar-refractivity contribution in [2.75, 3.05) is 106 Å². The van der Waals surface area contributed by atoms with E-state index in [4.69, 9.17) is 28.6 Å². The first kappa shape index (κ1) is 97.2. The van der Waals surface area contributed by atoms with Crippen LogP contribution in [0.3, 0.4) is 0 Å². The van der Waals surface area contributed by atoms with E-state index in [0.29, 0.717) is 168 Å². The highest BCUT2D eigenvalue weighted by Crippen LogP contribution is 2.54. The Morgan fingerprint density at radius 2 is 0.914 bits per heavy atom. The Morgan fingerprint density at radius 3 is 1.35 bits per heavy atom. The van der Waals surface area contributed by atoms with E-state index in [1.54, 1.807) is 64.5 Å². The third-order valence-corrected chi connectivity index (χ3v) is 27.8. The van der Waals surface area contributed by atoms with E-state index in [2.05, 4.69) is 78.3 Å². The van der Waals surface area contributed by atoms with Gasteiger partial charge in [0, 0.05) is 113 Å². The minimum absolute atomic E-state index is 0.0157. The van der Waals surface area contributed by atoms with Gasteiger partial charge in [-0.2, -0.15) is 5.48 Å². The molecule has 139 heavy (non-hydrogen) atoms. The van der Waals surface area contributed by atoms with Crippen LogP contribution in [0.15, 0.2) is 106 Å². The number of carboxylic acid groups (broad SMARTS) is 1. The molecule has 0 radical (unpaired) electrons. The molecule has 10 heterocycles. The van der Waals surface area contributed by atoms with Gasteiger partial charge in [0.05, 0.1) is 69.0 Å². The number of likely N-dealkylation sites (N-methyl/N-ethyl adjacent to an activating group) is 4. The van der Waals surface area contributed by atoms with E-state index in [1.807, 2.05) is 48.7 Å². The standard InChI is InChI=1S/2C22H24FN3O3.2C20H20FN3O4.C18H16FN3O3/c2*1-10-11(2)21(29-5)14(8-16(10)23)17-12(3)18-19(24-22(27)20(18)25-28)15-9-26(4)7-6-13(15)17;1-3-24-7-6-12-13(14-8-11(21)4-5-17(14)27-2)9-15-18(16(12)10-24)22-28-23-19(15)20(25)26;1-3-23-7-6-12-13(14-8-11(21)4-5-17(14)28-2)9-15-18(16(12)10-23)22-20(25)19(15)24(26)27;1-25-15-3-2-9(19)6-12(15)11-7-13-16(21-18(23)17(13)22-24)14-8-20-5-4-10(11)14/h2*8,24,27H,6-7,9H2,1-5H3;4-5,8-9,22H,3,6-7,10H2,1-2H3,(H,25,26);4-5,8-9,19H,3,6-7,10H2,1-2H3,(H,22,25);2-3,6-7,20-21,23H,4-5,8H2,1H3. The van der Waals surface area contributed by atoms with Crippen LogP contribution in [0.25, 0.3) is 88.3 Å². The summed E-state index contributed by atoms with van der Waals surface area (Å²) in [4.78, 5) is 91.6. The summed E-state index contributed by atoms with van der Waals surface area (Å²) in [5, 5.41) is 72.0. The maximum atomic E-state index is 14.8.